The Morgan fingerprint density at radius 2 is 1.42 bits per heavy atom. The van der Waals surface area contributed by atoms with Crippen molar-refractivity contribution in [1.82, 2.24) is 0 Å². The van der Waals surface area contributed by atoms with Gasteiger partial charge >= 0.3 is 12.1 Å². The summed E-state index contributed by atoms with van der Waals surface area (Å²) in [6, 6.07) is -2.14. The molecule has 0 aromatic carbocycles. The SMILES string of the molecule is CCCCCCCCCCC[C@H](C(=O)OCCC)[C@H](N)C(F)(F)F. The summed E-state index contributed by atoms with van der Waals surface area (Å²) in [5.74, 6) is -2.11. The lowest BCUT2D eigenvalue weighted by Gasteiger charge is -2.24. The van der Waals surface area contributed by atoms with Crippen LogP contribution in [0.1, 0.15) is 84.5 Å². The maximum atomic E-state index is 12.8. The molecule has 0 spiro atoms. The number of halogens is 3. The summed E-state index contributed by atoms with van der Waals surface area (Å²) in [6.07, 6.45) is 5.76. The van der Waals surface area contributed by atoms with Crippen molar-refractivity contribution in [3.8, 4) is 0 Å². The van der Waals surface area contributed by atoms with Gasteiger partial charge in [-0.2, -0.15) is 13.2 Å². The van der Waals surface area contributed by atoms with Crippen molar-refractivity contribution in [1.29, 1.82) is 0 Å². The summed E-state index contributed by atoms with van der Waals surface area (Å²) in [6.45, 7) is 4.11. The minimum atomic E-state index is -4.57. The Morgan fingerprint density at radius 1 is 0.917 bits per heavy atom. The van der Waals surface area contributed by atoms with E-state index >= 15 is 0 Å². The molecule has 0 aliphatic carbocycles. The van der Waals surface area contributed by atoms with Gasteiger partial charge in [0, 0.05) is 0 Å². The van der Waals surface area contributed by atoms with Crippen LogP contribution in [-0.4, -0.2) is 24.8 Å². The van der Waals surface area contributed by atoms with E-state index in [0.717, 1.165) is 19.3 Å². The molecule has 3 nitrogen and oxygen atoms in total. The molecule has 0 heterocycles. The minimum Gasteiger partial charge on any atom is -0.465 e. The van der Waals surface area contributed by atoms with Crippen LogP contribution in [0.4, 0.5) is 13.2 Å². The molecule has 0 saturated heterocycles. The van der Waals surface area contributed by atoms with Gasteiger partial charge in [0.1, 0.15) is 6.04 Å². The van der Waals surface area contributed by atoms with Crippen LogP contribution in [-0.2, 0) is 9.53 Å². The predicted octanol–water partition coefficient (Wildman–Crippen LogP) is 5.37. The first-order chi connectivity index (χ1) is 11.3. The van der Waals surface area contributed by atoms with E-state index in [2.05, 4.69) is 6.92 Å². The molecule has 0 rings (SSSR count). The highest BCUT2D eigenvalue weighted by atomic mass is 19.4. The van der Waals surface area contributed by atoms with Crippen LogP contribution in [0.3, 0.4) is 0 Å². The van der Waals surface area contributed by atoms with Gasteiger partial charge in [0.2, 0.25) is 0 Å². The molecular weight excluding hydrogens is 319 g/mol. The first-order valence-electron chi connectivity index (χ1n) is 9.33. The van der Waals surface area contributed by atoms with E-state index in [4.69, 9.17) is 10.5 Å². The number of carbonyl (C=O) groups excluding carboxylic acids is 1. The molecular formula is C18H34F3NO2. The van der Waals surface area contributed by atoms with Crippen LogP contribution in [0.25, 0.3) is 0 Å². The smallest absolute Gasteiger partial charge is 0.404 e. The average Bonchev–Trinajstić information content (AvgIpc) is 2.53. The molecule has 0 aliphatic heterocycles. The highest BCUT2D eigenvalue weighted by molar-refractivity contribution is 5.73. The van der Waals surface area contributed by atoms with E-state index in [1.54, 1.807) is 6.92 Å². The van der Waals surface area contributed by atoms with Crippen molar-refractivity contribution >= 4 is 5.97 Å². The zero-order chi connectivity index (χ0) is 18.4. The van der Waals surface area contributed by atoms with Gasteiger partial charge in [0.05, 0.1) is 12.5 Å². The number of hydrogen-bond acceptors (Lipinski definition) is 3. The molecule has 0 fully saturated rings. The number of unbranched alkanes of at least 4 members (excludes halogenated alkanes) is 8. The predicted molar refractivity (Wildman–Crippen MR) is 90.6 cm³/mol. The van der Waals surface area contributed by atoms with E-state index in [1.807, 2.05) is 0 Å². The molecule has 0 amide bonds. The molecule has 0 bridgehead atoms. The number of ether oxygens (including phenoxy) is 1. The molecule has 0 saturated carbocycles. The van der Waals surface area contributed by atoms with Crippen molar-refractivity contribution in [2.75, 3.05) is 6.61 Å². The lowest BCUT2D eigenvalue weighted by atomic mass is 9.93. The number of nitrogens with two attached hydrogens (primary N) is 1. The highest BCUT2D eigenvalue weighted by Crippen LogP contribution is 2.28. The van der Waals surface area contributed by atoms with Crippen molar-refractivity contribution in [2.24, 2.45) is 11.7 Å². The van der Waals surface area contributed by atoms with Crippen LogP contribution in [0.15, 0.2) is 0 Å². The maximum Gasteiger partial charge on any atom is 0.404 e. The van der Waals surface area contributed by atoms with Gasteiger partial charge in [-0.3, -0.25) is 4.79 Å². The monoisotopic (exact) mass is 353 g/mol. The third kappa shape index (κ3) is 10.9. The number of carbonyl (C=O) groups is 1. The van der Waals surface area contributed by atoms with Gasteiger partial charge in [-0.25, -0.2) is 0 Å². The molecule has 2 atom stereocenters. The second-order valence-electron chi connectivity index (χ2n) is 6.46. The van der Waals surface area contributed by atoms with E-state index in [-0.39, 0.29) is 13.0 Å². The van der Waals surface area contributed by atoms with Gasteiger partial charge in [-0.1, -0.05) is 71.6 Å². The second-order valence-corrected chi connectivity index (χ2v) is 6.46. The van der Waals surface area contributed by atoms with Crippen LogP contribution >= 0.6 is 0 Å². The zero-order valence-corrected chi connectivity index (χ0v) is 15.2. The number of hydrogen-bond donors (Lipinski definition) is 1. The molecule has 6 heteroatoms. The van der Waals surface area contributed by atoms with Gasteiger partial charge in [-0.05, 0) is 12.8 Å². The zero-order valence-electron chi connectivity index (χ0n) is 15.2. The Bertz CT molecular complexity index is 322. The van der Waals surface area contributed by atoms with Crippen molar-refractivity contribution in [2.45, 2.75) is 96.7 Å². The molecule has 0 aliphatic rings. The molecule has 24 heavy (non-hydrogen) atoms. The van der Waals surface area contributed by atoms with Crippen LogP contribution in [0.2, 0.25) is 0 Å². The fourth-order valence-electron chi connectivity index (χ4n) is 2.66. The molecule has 144 valence electrons. The number of alkyl halides is 3. The summed E-state index contributed by atoms with van der Waals surface area (Å²) in [5, 5.41) is 0. The van der Waals surface area contributed by atoms with Gasteiger partial charge in [-0.15, -0.1) is 0 Å². The molecule has 2 N–H and O–H groups in total. The topological polar surface area (TPSA) is 52.3 Å². The van der Waals surface area contributed by atoms with Crippen molar-refractivity contribution < 1.29 is 22.7 Å². The normalized spacial score (nSPS) is 14.4. The molecule has 0 aromatic heterocycles. The standard InChI is InChI=1S/C18H34F3NO2/c1-3-5-6-7-8-9-10-11-12-13-15(16(22)18(19,20)21)17(23)24-14-4-2/h15-16H,3-14,22H2,1-2H3/t15-,16-/m0/s1. The Morgan fingerprint density at radius 3 is 1.88 bits per heavy atom. The quantitative estimate of drug-likeness (QED) is 0.337. The van der Waals surface area contributed by atoms with Gasteiger partial charge in [0.25, 0.3) is 0 Å². The Hall–Kier alpha value is -0.780. The fourth-order valence-corrected chi connectivity index (χ4v) is 2.66. The Kier molecular flexibility index (Phi) is 13.1. The third-order valence-electron chi connectivity index (χ3n) is 4.18. The summed E-state index contributed by atoms with van der Waals surface area (Å²) < 4.78 is 43.4. The van der Waals surface area contributed by atoms with E-state index in [0.29, 0.717) is 12.8 Å². The first kappa shape index (κ1) is 23.2. The van der Waals surface area contributed by atoms with E-state index < -0.39 is 24.1 Å². The minimum absolute atomic E-state index is 0.137. The molecule has 0 aromatic rings. The average molecular weight is 353 g/mol. The van der Waals surface area contributed by atoms with Gasteiger partial charge < -0.3 is 10.5 Å². The Balaban J connectivity index is 4.11. The number of esters is 1. The van der Waals surface area contributed by atoms with Crippen LogP contribution in [0, 0.1) is 5.92 Å². The summed E-state index contributed by atoms with van der Waals surface area (Å²) >= 11 is 0. The van der Waals surface area contributed by atoms with E-state index in [1.165, 1.54) is 32.1 Å². The maximum absolute atomic E-state index is 12.8. The Labute approximate surface area is 144 Å². The lowest BCUT2D eigenvalue weighted by molar-refractivity contribution is -0.177. The van der Waals surface area contributed by atoms with Crippen LogP contribution < -0.4 is 5.73 Å². The summed E-state index contributed by atoms with van der Waals surface area (Å²) in [5.41, 5.74) is 5.25. The fraction of sp³-hybridized carbons (Fsp3) is 0.944. The van der Waals surface area contributed by atoms with Gasteiger partial charge in [0.15, 0.2) is 0 Å². The first-order valence-corrected chi connectivity index (χ1v) is 9.33. The highest BCUT2D eigenvalue weighted by Gasteiger charge is 2.45. The van der Waals surface area contributed by atoms with Crippen molar-refractivity contribution in [3.63, 3.8) is 0 Å². The van der Waals surface area contributed by atoms with E-state index in [9.17, 15) is 18.0 Å². The van der Waals surface area contributed by atoms with Crippen LogP contribution in [0.5, 0.6) is 0 Å². The third-order valence-corrected chi connectivity index (χ3v) is 4.18. The second kappa shape index (κ2) is 13.5. The summed E-state index contributed by atoms with van der Waals surface area (Å²) in [4.78, 5) is 11.9. The molecule has 0 unspecified atom stereocenters. The molecule has 0 radical (unpaired) electrons. The lowest BCUT2D eigenvalue weighted by Crippen LogP contribution is -2.47. The summed E-state index contributed by atoms with van der Waals surface area (Å²) in [7, 11) is 0. The largest absolute Gasteiger partial charge is 0.465 e. The van der Waals surface area contributed by atoms with Crippen molar-refractivity contribution in [3.05, 3.63) is 0 Å². The number of rotatable bonds is 14.